The normalized spacial score (nSPS) is 13.0. The fourth-order valence-electron chi connectivity index (χ4n) is 1.39. The highest BCUT2D eigenvalue weighted by Gasteiger charge is 1.95. The molecule has 1 amide bonds. The summed E-state index contributed by atoms with van der Waals surface area (Å²) in [6.07, 6.45) is 22.8. The van der Waals surface area contributed by atoms with Crippen LogP contribution >= 0.6 is 0 Å². The van der Waals surface area contributed by atoms with E-state index in [0.717, 1.165) is 25.8 Å². The van der Waals surface area contributed by atoms with E-state index in [-0.39, 0.29) is 5.91 Å². The average Bonchev–Trinajstić information content (AvgIpc) is 2.46. The molecule has 0 unspecified atom stereocenters. The first kappa shape index (κ1) is 19.2. The van der Waals surface area contributed by atoms with Crippen LogP contribution in [0.25, 0.3) is 0 Å². The first-order valence-corrected chi connectivity index (χ1v) is 7.76. The Balaban J connectivity index is 3.68. The van der Waals surface area contributed by atoms with Crippen LogP contribution in [0.4, 0.5) is 0 Å². The molecular formula is C19H29NO. The summed E-state index contributed by atoms with van der Waals surface area (Å²) in [7, 11) is 0. The minimum absolute atomic E-state index is 0.0292. The zero-order valence-electron chi connectivity index (χ0n) is 13.6. The minimum Gasteiger partial charge on any atom is -0.352 e. The molecule has 0 aliphatic carbocycles. The Labute approximate surface area is 130 Å². The molecule has 0 atom stereocenters. The molecular weight excluding hydrogens is 258 g/mol. The van der Waals surface area contributed by atoms with Crippen molar-refractivity contribution in [2.75, 3.05) is 6.54 Å². The predicted octanol–water partition coefficient (Wildman–Crippen LogP) is 4.73. The summed E-state index contributed by atoms with van der Waals surface area (Å²) in [5.74, 6) is 0.453. The van der Waals surface area contributed by atoms with Gasteiger partial charge in [0, 0.05) is 12.6 Å². The van der Waals surface area contributed by atoms with Crippen molar-refractivity contribution in [2.45, 2.75) is 40.0 Å². The number of amides is 1. The Morgan fingerprint density at radius 2 is 1.48 bits per heavy atom. The second kappa shape index (κ2) is 14.6. The van der Waals surface area contributed by atoms with Gasteiger partial charge in [-0.25, -0.2) is 0 Å². The number of nitrogens with one attached hydrogen (secondary N) is 1. The second-order valence-electron chi connectivity index (χ2n) is 5.15. The number of unbranched alkanes of at least 4 members (excludes halogenated alkanes) is 1. The van der Waals surface area contributed by atoms with Crippen LogP contribution in [0.5, 0.6) is 0 Å². The molecule has 0 heterocycles. The summed E-state index contributed by atoms with van der Waals surface area (Å²) in [5, 5.41) is 2.84. The van der Waals surface area contributed by atoms with Crippen LogP contribution in [-0.2, 0) is 4.79 Å². The zero-order chi connectivity index (χ0) is 15.8. The van der Waals surface area contributed by atoms with Crippen molar-refractivity contribution >= 4 is 5.91 Å². The van der Waals surface area contributed by atoms with Gasteiger partial charge < -0.3 is 5.32 Å². The van der Waals surface area contributed by atoms with E-state index in [1.807, 2.05) is 18.2 Å². The van der Waals surface area contributed by atoms with Gasteiger partial charge in [-0.05, 0) is 25.2 Å². The first-order valence-electron chi connectivity index (χ1n) is 7.76. The molecule has 116 valence electrons. The van der Waals surface area contributed by atoms with E-state index in [0.29, 0.717) is 5.92 Å². The lowest BCUT2D eigenvalue weighted by molar-refractivity contribution is -0.116. The summed E-state index contributed by atoms with van der Waals surface area (Å²) >= 11 is 0. The van der Waals surface area contributed by atoms with E-state index in [9.17, 15) is 4.79 Å². The topological polar surface area (TPSA) is 29.1 Å². The quantitative estimate of drug-likeness (QED) is 0.351. The van der Waals surface area contributed by atoms with Crippen molar-refractivity contribution in [1.29, 1.82) is 0 Å². The maximum atomic E-state index is 11.4. The second-order valence-corrected chi connectivity index (χ2v) is 5.15. The van der Waals surface area contributed by atoms with Gasteiger partial charge in [-0.3, -0.25) is 4.79 Å². The number of allylic oxidation sites excluding steroid dienone is 9. The predicted molar refractivity (Wildman–Crippen MR) is 93.1 cm³/mol. The van der Waals surface area contributed by atoms with Crippen molar-refractivity contribution in [3.8, 4) is 0 Å². The van der Waals surface area contributed by atoms with Gasteiger partial charge in [-0.2, -0.15) is 0 Å². The van der Waals surface area contributed by atoms with Gasteiger partial charge in [-0.1, -0.05) is 75.5 Å². The van der Waals surface area contributed by atoms with E-state index in [1.165, 1.54) is 0 Å². The fraction of sp³-hybridized carbons (Fsp3) is 0.421. The smallest absolute Gasteiger partial charge is 0.243 e. The molecule has 0 rings (SSSR count). The maximum Gasteiger partial charge on any atom is 0.243 e. The number of carbonyl (C=O) groups excluding carboxylic acids is 1. The molecule has 0 saturated carbocycles. The van der Waals surface area contributed by atoms with Crippen molar-refractivity contribution in [3.05, 3.63) is 60.8 Å². The standard InChI is InChI=1S/C19H29NO/c1-4-5-6-7-8-9-10-11-12-13-14-15-16-19(21)20-17-18(2)3/h5-10,13-16,18H,4,11-12,17H2,1-3H3,(H,20,21)/b6-5+,8-7-,10-9+,14-13+,16-15+. The van der Waals surface area contributed by atoms with E-state index >= 15 is 0 Å². The molecule has 0 fully saturated rings. The van der Waals surface area contributed by atoms with Gasteiger partial charge in [0.15, 0.2) is 0 Å². The van der Waals surface area contributed by atoms with Gasteiger partial charge in [-0.15, -0.1) is 0 Å². The highest BCUT2D eigenvalue weighted by atomic mass is 16.1. The maximum absolute atomic E-state index is 11.4. The van der Waals surface area contributed by atoms with Gasteiger partial charge in [0.25, 0.3) is 0 Å². The van der Waals surface area contributed by atoms with Gasteiger partial charge in [0.1, 0.15) is 0 Å². The summed E-state index contributed by atoms with van der Waals surface area (Å²) in [5.41, 5.74) is 0. The fourth-order valence-corrected chi connectivity index (χ4v) is 1.39. The summed E-state index contributed by atoms with van der Waals surface area (Å²) < 4.78 is 0. The van der Waals surface area contributed by atoms with Gasteiger partial charge >= 0.3 is 0 Å². The van der Waals surface area contributed by atoms with E-state index in [4.69, 9.17) is 0 Å². The van der Waals surface area contributed by atoms with Crippen LogP contribution in [0.15, 0.2) is 60.8 Å². The zero-order valence-corrected chi connectivity index (χ0v) is 13.6. The van der Waals surface area contributed by atoms with Crippen LogP contribution < -0.4 is 5.32 Å². The van der Waals surface area contributed by atoms with Crippen molar-refractivity contribution in [1.82, 2.24) is 5.32 Å². The van der Waals surface area contributed by atoms with Crippen LogP contribution in [0.2, 0.25) is 0 Å². The number of hydrogen-bond donors (Lipinski definition) is 1. The lowest BCUT2D eigenvalue weighted by Gasteiger charge is -2.03. The third kappa shape index (κ3) is 16.1. The van der Waals surface area contributed by atoms with Crippen molar-refractivity contribution in [2.24, 2.45) is 5.92 Å². The average molecular weight is 287 g/mol. The highest BCUT2D eigenvalue weighted by molar-refractivity contribution is 5.87. The first-order chi connectivity index (χ1) is 10.2. The molecule has 2 nitrogen and oxygen atoms in total. The van der Waals surface area contributed by atoms with Gasteiger partial charge in [0.05, 0.1) is 0 Å². The third-order valence-electron chi connectivity index (χ3n) is 2.52. The molecule has 0 bridgehead atoms. The van der Waals surface area contributed by atoms with Gasteiger partial charge in [0.2, 0.25) is 5.91 Å². The highest BCUT2D eigenvalue weighted by Crippen LogP contribution is 1.94. The largest absolute Gasteiger partial charge is 0.352 e. The van der Waals surface area contributed by atoms with E-state index < -0.39 is 0 Å². The Morgan fingerprint density at radius 1 is 0.905 bits per heavy atom. The Hall–Kier alpha value is -1.83. The Bertz CT molecular complexity index is 398. The summed E-state index contributed by atoms with van der Waals surface area (Å²) in [6, 6.07) is 0. The lowest BCUT2D eigenvalue weighted by Crippen LogP contribution is -2.25. The summed E-state index contributed by atoms with van der Waals surface area (Å²) in [6.45, 7) is 6.99. The molecule has 0 saturated heterocycles. The monoisotopic (exact) mass is 287 g/mol. The third-order valence-corrected chi connectivity index (χ3v) is 2.52. The van der Waals surface area contributed by atoms with Crippen LogP contribution in [-0.4, -0.2) is 12.5 Å². The SMILES string of the molecule is CC/C=C/C=C\C=C\CC/C=C/C=C/C(=O)NCC(C)C. The minimum atomic E-state index is -0.0292. The molecule has 2 heteroatoms. The molecule has 0 aromatic rings. The van der Waals surface area contributed by atoms with Crippen LogP contribution in [0.3, 0.4) is 0 Å². The summed E-state index contributed by atoms with van der Waals surface area (Å²) in [4.78, 5) is 11.4. The molecule has 0 spiro atoms. The van der Waals surface area contributed by atoms with E-state index in [2.05, 4.69) is 56.5 Å². The van der Waals surface area contributed by atoms with Crippen molar-refractivity contribution < 1.29 is 4.79 Å². The number of carbonyl (C=O) groups is 1. The molecule has 0 aliphatic heterocycles. The van der Waals surface area contributed by atoms with Crippen molar-refractivity contribution in [3.63, 3.8) is 0 Å². The molecule has 21 heavy (non-hydrogen) atoms. The number of rotatable bonds is 10. The molecule has 0 radical (unpaired) electrons. The molecule has 0 aliphatic rings. The molecule has 1 N–H and O–H groups in total. The van der Waals surface area contributed by atoms with Crippen LogP contribution in [0, 0.1) is 5.92 Å². The Kier molecular flexibility index (Phi) is 13.3. The van der Waals surface area contributed by atoms with Crippen LogP contribution in [0.1, 0.15) is 40.0 Å². The molecule has 0 aromatic carbocycles. The van der Waals surface area contributed by atoms with E-state index in [1.54, 1.807) is 12.2 Å². The number of hydrogen-bond acceptors (Lipinski definition) is 1. The molecule has 0 aromatic heterocycles. The Morgan fingerprint density at radius 3 is 2.05 bits per heavy atom. The lowest BCUT2D eigenvalue weighted by atomic mass is 10.2.